The number of nitrogens with zero attached hydrogens (tertiary/aromatic N) is 1. The molecule has 0 aliphatic carbocycles. The van der Waals surface area contributed by atoms with E-state index in [-0.39, 0.29) is 0 Å². The Kier molecular flexibility index (Phi) is 24.5. The SMILES string of the molecule is CCCCCCCC/C=C\CCCCCCCCCCCCCN(C)CCC. The van der Waals surface area contributed by atoms with E-state index in [4.69, 9.17) is 0 Å². The second-order valence-electron chi connectivity index (χ2n) is 9.01. The van der Waals surface area contributed by atoms with Crippen LogP contribution in [0.3, 0.4) is 0 Å². The molecule has 1 nitrogen and oxygen atoms in total. The number of hydrogen-bond donors (Lipinski definition) is 0. The number of allylic oxidation sites excluding steroid dienone is 2. The molecule has 0 aromatic rings. The monoisotopic (exact) mass is 393 g/mol. The normalized spacial score (nSPS) is 11.9. The van der Waals surface area contributed by atoms with E-state index in [0.717, 1.165) is 0 Å². The summed E-state index contributed by atoms with van der Waals surface area (Å²) in [6.07, 6.45) is 33.1. The maximum atomic E-state index is 2.48. The summed E-state index contributed by atoms with van der Waals surface area (Å²) in [7, 11) is 2.26. The van der Waals surface area contributed by atoms with Crippen LogP contribution in [0.2, 0.25) is 0 Å². The van der Waals surface area contributed by atoms with Crippen LogP contribution in [-0.4, -0.2) is 25.0 Å². The lowest BCUT2D eigenvalue weighted by atomic mass is 10.0. The lowest BCUT2D eigenvalue weighted by Gasteiger charge is -2.14. The van der Waals surface area contributed by atoms with E-state index in [9.17, 15) is 0 Å². The van der Waals surface area contributed by atoms with Gasteiger partial charge in [-0.25, -0.2) is 0 Å². The van der Waals surface area contributed by atoms with Gasteiger partial charge in [-0.1, -0.05) is 116 Å². The van der Waals surface area contributed by atoms with E-state index >= 15 is 0 Å². The largest absolute Gasteiger partial charge is 0.306 e. The van der Waals surface area contributed by atoms with E-state index in [0.29, 0.717) is 0 Å². The van der Waals surface area contributed by atoms with Gasteiger partial charge in [0.25, 0.3) is 0 Å². The van der Waals surface area contributed by atoms with Crippen LogP contribution in [0.15, 0.2) is 12.2 Å². The summed E-state index contributed by atoms with van der Waals surface area (Å²) in [5, 5.41) is 0. The standard InChI is InChI=1S/C27H55N/c1-4-6-7-8-9-10-11-12-13-14-15-16-17-18-19-20-21-22-23-24-25-27-28(3)26-5-2/h12-13H,4-11,14-27H2,1-3H3/b13-12-. The average molecular weight is 394 g/mol. The first-order chi connectivity index (χ1) is 13.8. The van der Waals surface area contributed by atoms with Crippen LogP contribution in [0, 0.1) is 0 Å². The maximum Gasteiger partial charge on any atom is -0.00218 e. The van der Waals surface area contributed by atoms with Gasteiger partial charge in [0.15, 0.2) is 0 Å². The van der Waals surface area contributed by atoms with Crippen LogP contribution >= 0.6 is 0 Å². The molecule has 0 aliphatic rings. The van der Waals surface area contributed by atoms with Gasteiger partial charge >= 0.3 is 0 Å². The zero-order chi connectivity index (χ0) is 20.5. The van der Waals surface area contributed by atoms with E-state index in [1.807, 2.05) is 0 Å². The fourth-order valence-corrected chi connectivity index (χ4v) is 4.01. The summed E-state index contributed by atoms with van der Waals surface area (Å²) < 4.78 is 0. The first kappa shape index (κ1) is 27.7. The summed E-state index contributed by atoms with van der Waals surface area (Å²) >= 11 is 0. The molecule has 0 aromatic heterocycles. The summed E-state index contributed by atoms with van der Waals surface area (Å²) in [6, 6.07) is 0. The molecule has 0 aliphatic heterocycles. The Morgan fingerprint density at radius 2 is 0.821 bits per heavy atom. The van der Waals surface area contributed by atoms with Crippen molar-refractivity contribution in [1.29, 1.82) is 0 Å². The third kappa shape index (κ3) is 23.7. The van der Waals surface area contributed by atoms with Crippen LogP contribution in [0.5, 0.6) is 0 Å². The van der Waals surface area contributed by atoms with E-state index < -0.39 is 0 Å². The Labute approximate surface area is 179 Å². The highest BCUT2D eigenvalue weighted by Crippen LogP contribution is 2.13. The van der Waals surface area contributed by atoms with Crippen LogP contribution in [0.25, 0.3) is 0 Å². The smallest absolute Gasteiger partial charge is 0.00218 e. The molecule has 0 spiro atoms. The molecular weight excluding hydrogens is 338 g/mol. The topological polar surface area (TPSA) is 3.24 Å². The fourth-order valence-electron chi connectivity index (χ4n) is 4.01. The van der Waals surface area contributed by atoms with Gasteiger partial charge in [-0.15, -0.1) is 0 Å². The molecule has 0 fully saturated rings. The van der Waals surface area contributed by atoms with Gasteiger partial charge < -0.3 is 4.90 Å². The number of hydrogen-bond acceptors (Lipinski definition) is 1. The molecule has 0 amide bonds. The van der Waals surface area contributed by atoms with Crippen molar-refractivity contribution in [3.8, 4) is 0 Å². The summed E-state index contributed by atoms with van der Waals surface area (Å²) in [6.45, 7) is 7.11. The van der Waals surface area contributed by atoms with Crippen LogP contribution in [-0.2, 0) is 0 Å². The van der Waals surface area contributed by atoms with Gasteiger partial charge in [0.1, 0.15) is 0 Å². The Balaban J connectivity index is 3.09. The molecule has 0 saturated carbocycles. The Hall–Kier alpha value is -0.300. The van der Waals surface area contributed by atoms with Crippen molar-refractivity contribution in [1.82, 2.24) is 4.90 Å². The Bertz CT molecular complexity index is 297. The second-order valence-corrected chi connectivity index (χ2v) is 9.01. The quantitative estimate of drug-likeness (QED) is 0.123. The lowest BCUT2D eigenvalue weighted by molar-refractivity contribution is 0.324. The molecule has 0 unspecified atom stereocenters. The Morgan fingerprint density at radius 3 is 1.25 bits per heavy atom. The highest BCUT2D eigenvalue weighted by molar-refractivity contribution is 4.81. The molecule has 0 radical (unpaired) electrons. The fraction of sp³-hybridized carbons (Fsp3) is 0.926. The van der Waals surface area contributed by atoms with Crippen molar-refractivity contribution >= 4 is 0 Å². The van der Waals surface area contributed by atoms with Crippen LogP contribution in [0.1, 0.15) is 142 Å². The molecule has 0 saturated heterocycles. The molecule has 168 valence electrons. The van der Waals surface area contributed by atoms with Crippen LogP contribution < -0.4 is 0 Å². The minimum absolute atomic E-state index is 1.26. The van der Waals surface area contributed by atoms with E-state index in [2.05, 4.69) is 37.9 Å². The predicted octanol–water partition coefficient (Wildman–Crippen LogP) is 9.32. The predicted molar refractivity (Wildman–Crippen MR) is 130 cm³/mol. The van der Waals surface area contributed by atoms with Crippen molar-refractivity contribution in [2.75, 3.05) is 20.1 Å². The van der Waals surface area contributed by atoms with Crippen molar-refractivity contribution < 1.29 is 0 Å². The molecule has 0 atom stereocenters. The molecule has 0 aromatic carbocycles. The van der Waals surface area contributed by atoms with Crippen molar-refractivity contribution in [2.24, 2.45) is 0 Å². The number of rotatable bonds is 23. The highest BCUT2D eigenvalue weighted by Gasteiger charge is 1.97. The zero-order valence-corrected chi connectivity index (χ0v) is 20.2. The summed E-state index contributed by atoms with van der Waals surface area (Å²) in [4.78, 5) is 2.48. The Morgan fingerprint density at radius 1 is 0.429 bits per heavy atom. The summed E-state index contributed by atoms with van der Waals surface area (Å²) in [5.74, 6) is 0. The highest BCUT2D eigenvalue weighted by atomic mass is 15.1. The van der Waals surface area contributed by atoms with Gasteiger partial charge in [-0.05, 0) is 58.7 Å². The molecule has 0 N–H and O–H groups in total. The molecule has 0 bridgehead atoms. The molecule has 28 heavy (non-hydrogen) atoms. The van der Waals surface area contributed by atoms with E-state index in [1.54, 1.807) is 0 Å². The minimum Gasteiger partial charge on any atom is -0.306 e. The molecule has 0 heterocycles. The van der Waals surface area contributed by atoms with Crippen molar-refractivity contribution in [2.45, 2.75) is 142 Å². The minimum atomic E-state index is 1.26. The molecule has 0 rings (SSSR count). The average Bonchev–Trinajstić information content (AvgIpc) is 2.69. The maximum absolute atomic E-state index is 2.48. The summed E-state index contributed by atoms with van der Waals surface area (Å²) in [5.41, 5.74) is 0. The number of unbranched alkanes of at least 4 members (excludes halogenated alkanes) is 17. The van der Waals surface area contributed by atoms with Gasteiger partial charge in [-0.3, -0.25) is 0 Å². The third-order valence-electron chi connectivity index (χ3n) is 5.91. The molecular formula is C27H55N. The molecule has 1 heteroatoms. The lowest BCUT2D eigenvalue weighted by Crippen LogP contribution is -2.20. The second kappa shape index (κ2) is 24.7. The van der Waals surface area contributed by atoms with Crippen molar-refractivity contribution in [3.05, 3.63) is 12.2 Å². The van der Waals surface area contributed by atoms with Crippen molar-refractivity contribution in [3.63, 3.8) is 0 Å². The van der Waals surface area contributed by atoms with E-state index in [1.165, 1.54) is 142 Å². The van der Waals surface area contributed by atoms with Gasteiger partial charge in [-0.2, -0.15) is 0 Å². The van der Waals surface area contributed by atoms with Gasteiger partial charge in [0.05, 0.1) is 0 Å². The van der Waals surface area contributed by atoms with Crippen LogP contribution in [0.4, 0.5) is 0 Å². The zero-order valence-electron chi connectivity index (χ0n) is 20.2. The third-order valence-corrected chi connectivity index (χ3v) is 5.91. The van der Waals surface area contributed by atoms with Gasteiger partial charge in [0, 0.05) is 0 Å². The first-order valence-corrected chi connectivity index (χ1v) is 13.1. The van der Waals surface area contributed by atoms with Gasteiger partial charge in [0.2, 0.25) is 0 Å². The first-order valence-electron chi connectivity index (χ1n) is 13.1.